The Kier molecular flexibility index (Phi) is 2.70. The Morgan fingerprint density at radius 3 is 2.81 bits per heavy atom. The molecule has 0 aromatic heterocycles. The minimum Gasteiger partial charge on any atom is -0.370 e. The van der Waals surface area contributed by atoms with Crippen LogP contribution in [0.25, 0.3) is 0 Å². The molecule has 0 bridgehead atoms. The fourth-order valence-corrected chi connectivity index (χ4v) is 3.03. The number of hydrogen-bond donors (Lipinski definition) is 1. The monoisotopic (exact) mass is 217 g/mol. The second-order valence-corrected chi connectivity index (χ2v) is 4.85. The molecule has 0 amide bonds. The van der Waals surface area contributed by atoms with Crippen molar-refractivity contribution in [1.82, 2.24) is 5.32 Å². The molecule has 2 aliphatic rings. The van der Waals surface area contributed by atoms with Crippen LogP contribution in [0.15, 0.2) is 24.3 Å². The van der Waals surface area contributed by atoms with E-state index in [2.05, 4.69) is 29.6 Å². The minimum absolute atomic E-state index is 0.0122. The molecule has 0 unspecified atom stereocenters. The van der Waals surface area contributed by atoms with E-state index in [9.17, 15) is 0 Å². The first-order valence-electron chi connectivity index (χ1n) is 6.34. The third-order valence-electron chi connectivity index (χ3n) is 3.89. The summed E-state index contributed by atoms with van der Waals surface area (Å²) in [6.07, 6.45) is 4.56. The molecule has 86 valence electrons. The van der Waals surface area contributed by atoms with Crippen LogP contribution < -0.4 is 5.32 Å². The zero-order valence-electron chi connectivity index (χ0n) is 9.67. The van der Waals surface area contributed by atoms with Crippen LogP contribution in [0, 0.1) is 0 Å². The van der Waals surface area contributed by atoms with Gasteiger partial charge in [0.2, 0.25) is 0 Å². The lowest BCUT2D eigenvalue weighted by atomic mass is 9.82. The second-order valence-electron chi connectivity index (χ2n) is 4.85. The first kappa shape index (κ1) is 10.3. The predicted molar refractivity (Wildman–Crippen MR) is 64.5 cm³/mol. The van der Waals surface area contributed by atoms with Gasteiger partial charge < -0.3 is 10.1 Å². The number of fused-ring (bicyclic) bond motifs is 2. The van der Waals surface area contributed by atoms with Crippen LogP contribution in [0.1, 0.15) is 30.4 Å². The molecule has 0 radical (unpaired) electrons. The Labute approximate surface area is 97.0 Å². The van der Waals surface area contributed by atoms with Gasteiger partial charge in [-0.3, -0.25) is 0 Å². The first-order chi connectivity index (χ1) is 7.91. The van der Waals surface area contributed by atoms with Crippen LogP contribution in [-0.2, 0) is 16.8 Å². The highest BCUT2D eigenvalue weighted by molar-refractivity contribution is 5.34. The Morgan fingerprint density at radius 1 is 1.12 bits per heavy atom. The highest BCUT2D eigenvalue weighted by atomic mass is 16.5. The molecule has 2 heteroatoms. The second kappa shape index (κ2) is 4.19. The van der Waals surface area contributed by atoms with Crippen LogP contribution in [0.5, 0.6) is 0 Å². The molecule has 0 aliphatic carbocycles. The Bertz CT molecular complexity index is 369. The summed E-state index contributed by atoms with van der Waals surface area (Å²) in [5, 5.41) is 3.43. The van der Waals surface area contributed by atoms with Gasteiger partial charge in [-0.05, 0) is 49.9 Å². The lowest BCUT2D eigenvalue weighted by molar-refractivity contribution is -0.0680. The maximum Gasteiger partial charge on any atom is 0.0958 e. The Hall–Kier alpha value is -0.860. The molecule has 1 saturated heterocycles. The van der Waals surface area contributed by atoms with Gasteiger partial charge in [0.1, 0.15) is 0 Å². The van der Waals surface area contributed by atoms with E-state index in [1.807, 2.05) is 0 Å². The fraction of sp³-hybridized carbons (Fsp3) is 0.571. The van der Waals surface area contributed by atoms with Crippen LogP contribution in [0.2, 0.25) is 0 Å². The van der Waals surface area contributed by atoms with E-state index in [0.29, 0.717) is 0 Å². The normalized spacial score (nSPS) is 23.8. The molecule has 1 aromatic carbocycles. The van der Waals surface area contributed by atoms with Crippen molar-refractivity contribution in [2.75, 3.05) is 19.7 Å². The average molecular weight is 217 g/mol. The zero-order chi connectivity index (χ0) is 10.8. The number of rotatable bonds is 0. The SMILES string of the molecule is c1ccc2c(c1)CCCOC21CCNCC1. The summed E-state index contributed by atoms with van der Waals surface area (Å²) < 4.78 is 6.22. The highest BCUT2D eigenvalue weighted by Gasteiger charge is 2.37. The molecule has 0 atom stereocenters. The van der Waals surface area contributed by atoms with Crippen LogP contribution >= 0.6 is 0 Å². The lowest BCUT2D eigenvalue weighted by Gasteiger charge is -2.38. The third kappa shape index (κ3) is 1.66. The van der Waals surface area contributed by atoms with E-state index >= 15 is 0 Å². The van der Waals surface area contributed by atoms with Gasteiger partial charge >= 0.3 is 0 Å². The number of nitrogens with one attached hydrogen (secondary N) is 1. The maximum absolute atomic E-state index is 6.22. The van der Waals surface area contributed by atoms with Gasteiger partial charge in [-0.25, -0.2) is 0 Å². The highest BCUT2D eigenvalue weighted by Crippen LogP contribution is 2.39. The Balaban J connectivity index is 2.04. The van der Waals surface area contributed by atoms with Crippen molar-refractivity contribution in [3.05, 3.63) is 35.4 Å². The summed E-state index contributed by atoms with van der Waals surface area (Å²) in [7, 11) is 0. The molecule has 2 nitrogen and oxygen atoms in total. The molecule has 2 aliphatic heterocycles. The first-order valence-corrected chi connectivity index (χ1v) is 6.34. The summed E-state index contributed by atoms with van der Waals surface area (Å²) in [4.78, 5) is 0. The van der Waals surface area contributed by atoms with Crippen molar-refractivity contribution in [1.29, 1.82) is 0 Å². The topological polar surface area (TPSA) is 21.3 Å². The fourth-order valence-electron chi connectivity index (χ4n) is 3.03. The number of piperidine rings is 1. The molecular weight excluding hydrogens is 198 g/mol. The van der Waals surface area contributed by atoms with E-state index < -0.39 is 0 Å². The molecule has 16 heavy (non-hydrogen) atoms. The van der Waals surface area contributed by atoms with Crippen molar-refractivity contribution in [3.63, 3.8) is 0 Å². The van der Waals surface area contributed by atoms with E-state index in [0.717, 1.165) is 39.0 Å². The van der Waals surface area contributed by atoms with Crippen molar-refractivity contribution in [3.8, 4) is 0 Å². The summed E-state index contributed by atoms with van der Waals surface area (Å²) in [5.41, 5.74) is 2.97. The average Bonchev–Trinajstić information content (AvgIpc) is 2.52. The molecule has 2 heterocycles. The molecule has 0 saturated carbocycles. The summed E-state index contributed by atoms with van der Waals surface area (Å²) in [5.74, 6) is 0. The number of ether oxygens (including phenoxy) is 1. The smallest absolute Gasteiger partial charge is 0.0958 e. The lowest BCUT2D eigenvalue weighted by Crippen LogP contribution is -2.42. The molecule has 1 spiro atoms. The standard InChI is InChI=1S/C14H19NO/c1-2-6-13-12(4-1)5-3-11-16-14(13)7-9-15-10-8-14/h1-2,4,6,15H,3,5,7-11H2. The molecule has 1 fully saturated rings. The van der Waals surface area contributed by atoms with Crippen LogP contribution in [0.3, 0.4) is 0 Å². The third-order valence-corrected chi connectivity index (χ3v) is 3.89. The summed E-state index contributed by atoms with van der Waals surface area (Å²) >= 11 is 0. The van der Waals surface area contributed by atoms with Crippen molar-refractivity contribution >= 4 is 0 Å². The zero-order valence-corrected chi connectivity index (χ0v) is 9.67. The summed E-state index contributed by atoms with van der Waals surface area (Å²) in [6, 6.07) is 8.84. The van der Waals surface area contributed by atoms with E-state index in [-0.39, 0.29) is 5.60 Å². The van der Waals surface area contributed by atoms with Gasteiger partial charge in [-0.1, -0.05) is 24.3 Å². The van der Waals surface area contributed by atoms with E-state index in [1.54, 1.807) is 0 Å². The number of benzene rings is 1. The van der Waals surface area contributed by atoms with Crippen LogP contribution in [-0.4, -0.2) is 19.7 Å². The van der Waals surface area contributed by atoms with Crippen molar-refractivity contribution in [2.45, 2.75) is 31.3 Å². The van der Waals surface area contributed by atoms with Gasteiger partial charge in [0, 0.05) is 6.61 Å². The van der Waals surface area contributed by atoms with Gasteiger partial charge in [-0.2, -0.15) is 0 Å². The minimum atomic E-state index is 0.0122. The predicted octanol–water partition coefficient (Wildman–Crippen LogP) is 2.23. The van der Waals surface area contributed by atoms with Gasteiger partial charge in [0.25, 0.3) is 0 Å². The van der Waals surface area contributed by atoms with Gasteiger partial charge in [-0.15, -0.1) is 0 Å². The van der Waals surface area contributed by atoms with Crippen molar-refractivity contribution in [2.24, 2.45) is 0 Å². The molecule has 1 N–H and O–H groups in total. The largest absolute Gasteiger partial charge is 0.370 e. The van der Waals surface area contributed by atoms with E-state index in [4.69, 9.17) is 4.74 Å². The molecular formula is C14H19NO. The van der Waals surface area contributed by atoms with Crippen molar-refractivity contribution < 1.29 is 4.74 Å². The quantitative estimate of drug-likeness (QED) is 0.719. The Morgan fingerprint density at radius 2 is 1.94 bits per heavy atom. The molecule has 3 rings (SSSR count). The van der Waals surface area contributed by atoms with Gasteiger partial charge in [0.15, 0.2) is 0 Å². The van der Waals surface area contributed by atoms with Crippen LogP contribution in [0.4, 0.5) is 0 Å². The summed E-state index contributed by atoms with van der Waals surface area (Å²) in [6.45, 7) is 3.07. The molecule has 1 aromatic rings. The van der Waals surface area contributed by atoms with Gasteiger partial charge in [0.05, 0.1) is 5.60 Å². The van der Waals surface area contributed by atoms with E-state index in [1.165, 1.54) is 17.5 Å². The maximum atomic E-state index is 6.22. The number of hydrogen-bond acceptors (Lipinski definition) is 2. The number of aryl methyl sites for hydroxylation is 1.